The van der Waals surface area contributed by atoms with Crippen molar-refractivity contribution in [1.29, 1.82) is 0 Å². The van der Waals surface area contributed by atoms with E-state index in [9.17, 15) is 5.11 Å². The van der Waals surface area contributed by atoms with E-state index < -0.39 is 5.60 Å². The van der Waals surface area contributed by atoms with Crippen LogP contribution in [0, 0.1) is 0 Å². The molecule has 0 saturated heterocycles. The van der Waals surface area contributed by atoms with Crippen LogP contribution in [0.2, 0.25) is 0 Å². The summed E-state index contributed by atoms with van der Waals surface area (Å²) >= 11 is 0. The third-order valence-corrected chi connectivity index (χ3v) is 4.25. The molecule has 2 aromatic carbocycles. The second-order valence-electron chi connectivity index (χ2n) is 5.65. The summed E-state index contributed by atoms with van der Waals surface area (Å²) < 4.78 is 5.41. The van der Waals surface area contributed by atoms with Crippen molar-refractivity contribution in [3.8, 4) is 5.75 Å². The van der Waals surface area contributed by atoms with Gasteiger partial charge in [-0.2, -0.15) is 0 Å². The minimum Gasteiger partial charge on any atom is -0.496 e. The summed E-state index contributed by atoms with van der Waals surface area (Å²) in [6.45, 7) is 1.44. The zero-order chi connectivity index (χ0) is 14.0. The largest absolute Gasteiger partial charge is 0.496 e. The van der Waals surface area contributed by atoms with E-state index >= 15 is 0 Å². The third kappa shape index (κ3) is 2.51. The van der Waals surface area contributed by atoms with Crippen LogP contribution in [0.4, 0.5) is 0 Å². The number of fused-ring (bicyclic) bond motifs is 1. The summed E-state index contributed by atoms with van der Waals surface area (Å²) in [5.41, 5.74) is 0.770. The lowest BCUT2D eigenvalue weighted by atomic mass is 9.80. The summed E-state index contributed by atoms with van der Waals surface area (Å²) in [7, 11) is 1.70. The van der Waals surface area contributed by atoms with Crippen LogP contribution in [0.15, 0.2) is 36.4 Å². The van der Waals surface area contributed by atoms with Crippen LogP contribution < -0.4 is 10.1 Å². The molecule has 1 saturated carbocycles. The van der Waals surface area contributed by atoms with Gasteiger partial charge in [0.05, 0.1) is 12.7 Å². The van der Waals surface area contributed by atoms with E-state index in [4.69, 9.17) is 4.74 Å². The molecule has 0 amide bonds. The van der Waals surface area contributed by atoms with Gasteiger partial charge in [-0.05, 0) is 36.3 Å². The maximum atomic E-state index is 10.1. The average Bonchev–Trinajstić information content (AvgIpc) is 2.45. The molecular formula is C17H21NO2. The predicted molar refractivity (Wildman–Crippen MR) is 81.0 cm³/mol. The van der Waals surface area contributed by atoms with Crippen molar-refractivity contribution in [2.75, 3.05) is 13.7 Å². The fourth-order valence-corrected chi connectivity index (χ4v) is 2.86. The maximum absolute atomic E-state index is 10.1. The van der Waals surface area contributed by atoms with Gasteiger partial charge in [-0.25, -0.2) is 0 Å². The number of nitrogens with one attached hydrogen (secondary N) is 1. The number of aliphatic hydroxyl groups is 1. The molecule has 0 bridgehead atoms. The van der Waals surface area contributed by atoms with Crippen molar-refractivity contribution >= 4 is 10.8 Å². The van der Waals surface area contributed by atoms with E-state index in [1.807, 2.05) is 18.2 Å². The molecule has 20 heavy (non-hydrogen) atoms. The smallest absolute Gasteiger partial charge is 0.126 e. The standard InChI is InChI=1S/C17H21NO2/c1-20-16-8-7-13(14-5-2-3-6-15(14)16)11-18-12-17(19)9-4-10-17/h2-3,5-8,18-19H,4,9-12H2,1H3. The van der Waals surface area contributed by atoms with Crippen LogP contribution in [0.3, 0.4) is 0 Å². The van der Waals surface area contributed by atoms with Crippen LogP contribution in [-0.2, 0) is 6.54 Å². The summed E-state index contributed by atoms with van der Waals surface area (Å²) in [6.07, 6.45) is 2.98. The van der Waals surface area contributed by atoms with Gasteiger partial charge in [-0.15, -0.1) is 0 Å². The Morgan fingerprint density at radius 1 is 1.15 bits per heavy atom. The van der Waals surface area contributed by atoms with E-state index in [0.717, 1.165) is 36.9 Å². The van der Waals surface area contributed by atoms with Gasteiger partial charge in [0.15, 0.2) is 0 Å². The monoisotopic (exact) mass is 271 g/mol. The second-order valence-corrected chi connectivity index (χ2v) is 5.65. The Balaban J connectivity index is 1.77. The van der Waals surface area contributed by atoms with Gasteiger partial charge in [-0.1, -0.05) is 30.3 Å². The van der Waals surface area contributed by atoms with E-state index in [2.05, 4.69) is 23.5 Å². The molecule has 106 valence electrons. The van der Waals surface area contributed by atoms with Crippen LogP contribution >= 0.6 is 0 Å². The summed E-state index contributed by atoms with van der Waals surface area (Å²) in [6, 6.07) is 12.4. The molecule has 2 N–H and O–H groups in total. The first kappa shape index (κ1) is 13.4. The van der Waals surface area contributed by atoms with Gasteiger partial charge < -0.3 is 15.2 Å². The lowest BCUT2D eigenvalue weighted by molar-refractivity contribution is -0.0314. The molecule has 1 aliphatic rings. The molecule has 0 radical (unpaired) electrons. The van der Waals surface area contributed by atoms with Crippen molar-refractivity contribution in [2.24, 2.45) is 0 Å². The minimum atomic E-state index is -0.470. The number of methoxy groups -OCH3 is 1. The summed E-state index contributed by atoms with van der Waals surface area (Å²) in [4.78, 5) is 0. The minimum absolute atomic E-state index is 0.470. The van der Waals surface area contributed by atoms with Crippen LogP contribution in [-0.4, -0.2) is 24.4 Å². The topological polar surface area (TPSA) is 41.5 Å². The van der Waals surface area contributed by atoms with Crippen molar-refractivity contribution in [1.82, 2.24) is 5.32 Å². The van der Waals surface area contributed by atoms with Crippen molar-refractivity contribution in [3.63, 3.8) is 0 Å². The highest BCUT2D eigenvalue weighted by atomic mass is 16.5. The molecule has 1 fully saturated rings. The van der Waals surface area contributed by atoms with E-state index in [0.29, 0.717) is 6.54 Å². The van der Waals surface area contributed by atoms with E-state index in [1.54, 1.807) is 7.11 Å². The number of hydrogen-bond acceptors (Lipinski definition) is 3. The number of ether oxygens (including phenoxy) is 1. The lowest BCUT2D eigenvalue weighted by Gasteiger charge is -2.36. The van der Waals surface area contributed by atoms with Crippen LogP contribution in [0.5, 0.6) is 5.75 Å². The van der Waals surface area contributed by atoms with Crippen LogP contribution in [0.25, 0.3) is 10.8 Å². The molecular weight excluding hydrogens is 250 g/mol. The molecule has 0 unspecified atom stereocenters. The first-order valence-corrected chi connectivity index (χ1v) is 7.20. The lowest BCUT2D eigenvalue weighted by Crippen LogP contribution is -2.45. The predicted octanol–water partition coefficient (Wildman–Crippen LogP) is 2.85. The number of benzene rings is 2. The molecule has 0 atom stereocenters. The normalized spacial score (nSPS) is 16.9. The van der Waals surface area contributed by atoms with Gasteiger partial charge in [0.25, 0.3) is 0 Å². The van der Waals surface area contributed by atoms with Crippen molar-refractivity contribution < 1.29 is 9.84 Å². The van der Waals surface area contributed by atoms with E-state index in [1.165, 1.54) is 10.9 Å². The zero-order valence-electron chi connectivity index (χ0n) is 11.9. The molecule has 2 aromatic rings. The Kier molecular flexibility index (Phi) is 3.64. The number of hydrogen-bond donors (Lipinski definition) is 2. The highest BCUT2D eigenvalue weighted by Crippen LogP contribution is 2.31. The summed E-state index contributed by atoms with van der Waals surface area (Å²) in [5, 5.41) is 15.8. The second kappa shape index (κ2) is 5.43. The fourth-order valence-electron chi connectivity index (χ4n) is 2.86. The molecule has 3 heteroatoms. The fraction of sp³-hybridized carbons (Fsp3) is 0.412. The zero-order valence-corrected chi connectivity index (χ0v) is 11.9. The Bertz CT molecular complexity index is 605. The molecule has 0 spiro atoms. The third-order valence-electron chi connectivity index (χ3n) is 4.25. The van der Waals surface area contributed by atoms with Gasteiger partial charge in [-0.3, -0.25) is 0 Å². The molecule has 0 heterocycles. The maximum Gasteiger partial charge on any atom is 0.126 e. The number of rotatable bonds is 5. The van der Waals surface area contributed by atoms with Crippen LogP contribution in [0.1, 0.15) is 24.8 Å². The Morgan fingerprint density at radius 2 is 1.90 bits per heavy atom. The van der Waals surface area contributed by atoms with Crippen molar-refractivity contribution in [2.45, 2.75) is 31.4 Å². The first-order valence-electron chi connectivity index (χ1n) is 7.20. The SMILES string of the molecule is COc1ccc(CNCC2(O)CCC2)c2ccccc12. The average molecular weight is 271 g/mol. The Morgan fingerprint density at radius 3 is 2.55 bits per heavy atom. The molecule has 1 aliphatic carbocycles. The quantitative estimate of drug-likeness (QED) is 0.878. The molecule has 0 aliphatic heterocycles. The Labute approximate surface area is 119 Å². The van der Waals surface area contributed by atoms with Gasteiger partial charge in [0.1, 0.15) is 5.75 Å². The van der Waals surface area contributed by atoms with Gasteiger partial charge in [0.2, 0.25) is 0 Å². The van der Waals surface area contributed by atoms with E-state index in [-0.39, 0.29) is 0 Å². The first-order chi connectivity index (χ1) is 9.72. The molecule has 3 nitrogen and oxygen atoms in total. The highest BCUT2D eigenvalue weighted by molar-refractivity contribution is 5.91. The Hall–Kier alpha value is -1.58. The highest BCUT2D eigenvalue weighted by Gasteiger charge is 2.33. The molecule has 0 aromatic heterocycles. The van der Waals surface area contributed by atoms with Gasteiger partial charge in [0, 0.05) is 18.5 Å². The van der Waals surface area contributed by atoms with Gasteiger partial charge >= 0.3 is 0 Å². The summed E-state index contributed by atoms with van der Waals surface area (Å²) in [5.74, 6) is 0.905. The molecule has 3 rings (SSSR count). The van der Waals surface area contributed by atoms with Crippen molar-refractivity contribution in [3.05, 3.63) is 42.0 Å².